The van der Waals surface area contributed by atoms with Gasteiger partial charge < -0.3 is 11.5 Å². The van der Waals surface area contributed by atoms with Gasteiger partial charge in [-0.2, -0.15) is 0 Å². The second-order valence-corrected chi connectivity index (χ2v) is 5.14. The molecule has 0 heterocycles. The maximum absolute atomic E-state index is 13.1. The van der Waals surface area contributed by atoms with Gasteiger partial charge in [-0.25, -0.2) is 0 Å². The summed E-state index contributed by atoms with van der Waals surface area (Å²) in [6.07, 6.45) is 6.53. The fourth-order valence-corrected chi connectivity index (χ4v) is 2.44. The second kappa shape index (κ2) is 7.79. The lowest BCUT2D eigenvalue weighted by molar-refractivity contribution is 0.103. The molecule has 0 aromatic heterocycles. The zero-order chi connectivity index (χ0) is 17.5. The SMILES string of the molecule is C=C/C=C(\N)c1ccccc1C(=O)c1ccccc1/C(N)=C\C=C. The van der Waals surface area contributed by atoms with E-state index < -0.39 is 0 Å². The molecule has 0 bridgehead atoms. The minimum absolute atomic E-state index is 0.137. The molecule has 0 fully saturated rings. The molecule has 3 heteroatoms. The first-order valence-electron chi connectivity index (χ1n) is 7.50. The zero-order valence-electron chi connectivity index (χ0n) is 13.4. The molecule has 0 radical (unpaired) electrons. The molecule has 0 saturated carbocycles. The number of carbonyl (C=O) groups is 1. The van der Waals surface area contributed by atoms with Gasteiger partial charge in [0.1, 0.15) is 0 Å². The summed E-state index contributed by atoms with van der Waals surface area (Å²) in [5.74, 6) is -0.137. The van der Waals surface area contributed by atoms with Gasteiger partial charge in [0.15, 0.2) is 5.78 Å². The molecule has 120 valence electrons. The van der Waals surface area contributed by atoms with Crippen LogP contribution in [0, 0.1) is 0 Å². The Balaban J connectivity index is 2.60. The molecule has 0 aliphatic heterocycles. The molecule has 0 unspecified atom stereocenters. The number of hydrogen-bond acceptors (Lipinski definition) is 3. The molecule has 3 nitrogen and oxygen atoms in total. The number of rotatable bonds is 6. The van der Waals surface area contributed by atoms with Gasteiger partial charge in [-0.1, -0.05) is 73.8 Å². The predicted molar refractivity (Wildman–Crippen MR) is 101 cm³/mol. The molecular formula is C21H20N2O. The summed E-state index contributed by atoms with van der Waals surface area (Å²) in [5, 5.41) is 0. The van der Waals surface area contributed by atoms with Crippen LogP contribution in [0.25, 0.3) is 11.4 Å². The largest absolute Gasteiger partial charge is 0.398 e. The van der Waals surface area contributed by atoms with Gasteiger partial charge in [-0.3, -0.25) is 4.79 Å². The molecule has 0 saturated heterocycles. The van der Waals surface area contributed by atoms with E-state index in [1.807, 2.05) is 36.4 Å². The van der Waals surface area contributed by atoms with E-state index in [4.69, 9.17) is 11.5 Å². The Hall–Kier alpha value is -3.33. The fraction of sp³-hybridized carbons (Fsp3) is 0. The van der Waals surface area contributed by atoms with Crippen LogP contribution in [0.1, 0.15) is 27.0 Å². The molecule has 0 aliphatic carbocycles. The van der Waals surface area contributed by atoms with Crippen LogP contribution in [0.4, 0.5) is 0 Å². The predicted octanol–water partition coefficient (Wildman–Crippen LogP) is 3.89. The van der Waals surface area contributed by atoms with Crippen LogP contribution in [0.2, 0.25) is 0 Å². The van der Waals surface area contributed by atoms with Gasteiger partial charge in [-0.05, 0) is 12.2 Å². The molecule has 0 amide bonds. The van der Waals surface area contributed by atoms with Crippen LogP contribution < -0.4 is 11.5 Å². The Kier molecular flexibility index (Phi) is 5.53. The average Bonchev–Trinajstić information content (AvgIpc) is 2.61. The summed E-state index contributed by atoms with van der Waals surface area (Å²) in [4.78, 5) is 13.1. The highest BCUT2D eigenvalue weighted by atomic mass is 16.1. The highest BCUT2D eigenvalue weighted by Crippen LogP contribution is 2.23. The van der Waals surface area contributed by atoms with Crippen molar-refractivity contribution >= 4 is 17.2 Å². The minimum Gasteiger partial charge on any atom is -0.398 e. The summed E-state index contributed by atoms with van der Waals surface area (Å²) in [6.45, 7) is 7.28. The third kappa shape index (κ3) is 3.52. The van der Waals surface area contributed by atoms with Crippen molar-refractivity contribution < 1.29 is 4.79 Å². The number of carbonyl (C=O) groups excluding carboxylic acids is 1. The second-order valence-electron chi connectivity index (χ2n) is 5.14. The van der Waals surface area contributed by atoms with Gasteiger partial charge in [0.05, 0.1) is 0 Å². The van der Waals surface area contributed by atoms with Crippen LogP contribution >= 0.6 is 0 Å². The van der Waals surface area contributed by atoms with E-state index in [1.54, 1.807) is 36.4 Å². The van der Waals surface area contributed by atoms with Crippen molar-refractivity contribution in [3.05, 3.63) is 108 Å². The third-order valence-electron chi connectivity index (χ3n) is 3.56. The number of nitrogens with two attached hydrogens (primary N) is 2. The van der Waals surface area contributed by atoms with Gasteiger partial charge in [0.2, 0.25) is 0 Å². The van der Waals surface area contributed by atoms with Crippen molar-refractivity contribution in [3.8, 4) is 0 Å². The van der Waals surface area contributed by atoms with Crippen LogP contribution in [0.15, 0.2) is 86.0 Å². The molecule has 0 atom stereocenters. The van der Waals surface area contributed by atoms with Crippen molar-refractivity contribution in [2.45, 2.75) is 0 Å². The monoisotopic (exact) mass is 316 g/mol. The van der Waals surface area contributed by atoms with Gasteiger partial charge in [-0.15, -0.1) is 0 Å². The molecule has 2 rings (SSSR count). The van der Waals surface area contributed by atoms with Crippen molar-refractivity contribution in [2.75, 3.05) is 0 Å². The molecule has 2 aromatic rings. The number of allylic oxidation sites excluding steroid dienone is 4. The first-order valence-corrected chi connectivity index (χ1v) is 7.50. The Labute approximate surface area is 142 Å². The standard InChI is InChI=1S/C21H20N2O/c1-3-9-19(22)15-11-5-7-13-17(15)21(24)18-14-8-6-12-16(18)20(23)10-4-2/h3-14H,1-2,22-23H2/b19-9-,20-10+. The summed E-state index contributed by atoms with van der Waals surface area (Å²) < 4.78 is 0. The average molecular weight is 316 g/mol. The van der Waals surface area contributed by atoms with Crippen LogP contribution in [-0.2, 0) is 0 Å². The van der Waals surface area contributed by atoms with E-state index in [9.17, 15) is 4.79 Å². The molecule has 0 aliphatic rings. The third-order valence-corrected chi connectivity index (χ3v) is 3.56. The van der Waals surface area contributed by atoms with E-state index in [0.717, 1.165) is 0 Å². The van der Waals surface area contributed by atoms with Gasteiger partial charge >= 0.3 is 0 Å². The maximum atomic E-state index is 13.1. The fourth-order valence-electron chi connectivity index (χ4n) is 2.44. The Morgan fingerprint density at radius 2 is 1.04 bits per heavy atom. The van der Waals surface area contributed by atoms with E-state index in [2.05, 4.69) is 13.2 Å². The normalized spacial score (nSPS) is 11.8. The van der Waals surface area contributed by atoms with E-state index in [1.165, 1.54) is 0 Å². The topological polar surface area (TPSA) is 69.1 Å². The highest BCUT2D eigenvalue weighted by molar-refractivity contribution is 6.13. The Morgan fingerprint density at radius 1 is 0.708 bits per heavy atom. The van der Waals surface area contributed by atoms with Gasteiger partial charge in [0, 0.05) is 33.6 Å². The summed E-state index contributed by atoms with van der Waals surface area (Å²) in [5.41, 5.74) is 15.5. The van der Waals surface area contributed by atoms with Crippen molar-refractivity contribution in [3.63, 3.8) is 0 Å². The molecule has 24 heavy (non-hydrogen) atoms. The molecule has 4 N–H and O–H groups in total. The lowest BCUT2D eigenvalue weighted by Crippen LogP contribution is -2.11. The maximum Gasteiger partial charge on any atom is 0.194 e. The van der Waals surface area contributed by atoms with Crippen LogP contribution in [-0.4, -0.2) is 5.78 Å². The smallest absolute Gasteiger partial charge is 0.194 e. The van der Waals surface area contributed by atoms with E-state index in [0.29, 0.717) is 33.6 Å². The summed E-state index contributed by atoms with van der Waals surface area (Å²) in [7, 11) is 0. The zero-order valence-corrected chi connectivity index (χ0v) is 13.4. The molecular weight excluding hydrogens is 296 g/mol. The van der Waals surface area contributed by atoms with E-state index >= 15 is 0 Å². The minimum atomic E-state index is -0.137. The summed E-state index contributed by atoms with van der Waals surface area (Å²) >= 11 is 0. The van der Waals surface area contributed by atoms with Gasteiger partial charge in [0.25, 0.3) is 0 Å². The number of hydrogen-bond donors (Lipinski definition) is 2. The van der Waals surface area contributed by atoms with Crippen LogP contribution in [0.5, 0.6) is 0 Å². The number of benzene rings is 2. The Bertz CT molecular complexity index is 775. The quantitative estimate of drug-likeness (QED) is 0.627. The lowest BCUT2D eigenvalue weighted by Gasteiger charge is -2.12. The highest BCUT2D eigenvalue weighted by Gasteiger charge is 2.18. The summed E-state index contributed by atoms with van der Waals surface area (Å²) in [6, 6.07) is 14.4. The van der Waals surface area contributed by atoms with Crippen molar-refractivity contribution in [2.24, 2.45) is 11.5 Å². The Morgan fingerprint density at radius 3 is 1.38 bits per heavy atom. The van der Waals surface area contributed by atoms with Crippen molar-refractivity contribution in [1.29, 1.82) is 0 Å². The van der Waals surface area contributed by atoms with E-state index in [-0.39, 0.29) is 5.78 Å². The lowest BCUT2D eigenvalue weighted by atomic mass is 9.92. The molecule has 0 spiro atoms. The van der Waals surface area contributed by atoms with Crippen LogP contribution in [0.3, 0.4) is 0 Å². The number of ketones is 1. The first-order chi connectivity index (χ1) is 11.6. The molecule has 2 aromatic carbocycles. The first kappa shape index (κ1) is 17.0. The van der Waals surface area contributed by atoms with Crippen molar-refractivity contribution in [1.82, 2.24) is 0 Å².